The van der Waals surface area contributed by atoms with Gasteiger partial charge in [-0.05, 0) is 19.3 Å². The number of aromatic nitrogens is 4. The van der Waals surface area contributed by atoms with Gasteiger partial charge < -0.3 is 10.1 Å². The number of aliphatic hydroxyl groups excluding tert-OH is 1. The fraction of sp³-hybridized carbons (Fsp3) is 0.706. The summed E-state index contributed by atoms with van der Waals surface area (Å²) < 4.78 is 2.93. The van der Waals surface area contributed by atoms with E-state index in [1.54, 1.807) is 16.3 Å². The highest BCUT2D eigenvalue weighted by Crippen LogP contribution is 2.32. The summed E-state index contributed by atoms with van der Waals surface area (Å²) in [5.74, 6) is 2.54. The zero-order valence-corrected chi connectivity index (χ0v) is 15.5. The molecule has 0 atom stereocenters. The zero-order valence-electron chi connectivity index (χ0n) is 14.7. The molecule has 0 aliphatic heterocycles. The lowest BCUT2D eigenvalue weighted by molar-refractivity contribution is 0.322. The third kappa shape index (κ3) is 3.69. The van der Waals surface area contributed by atoms with Crippen molar-refractivity contribution >= 4 is 22.9 Å². The molecule has 0 unspecified atom stereocenters. The first-order valence-electron chi connectivity index (χ1n) is 9.09. The van der Waals surface area contributed by atoms with Crippen molar-refractivity contribution in [1.82, 2.24) is 19.1 Å². The molecule has 2 N–H and O–H groups in total. The zero-order chi connectivity index (χ0) is 17.8. The molecule has 8 heteroatoms. The second-order valence-electron chi connectivity index (χ2n) is 6.53. The Hall–Kier alpha value is -1.54. The first-order chi connectivity index (χ1) is 12.2. The quantitative estimate of drug-likeness (QED) is 0.694. The Balaban J connectivity index is 2.06. The number of nitrogens with zero attached hydrogens (tertiary/aromatic N) is 3. The molecule has 0 radical (unpaired) electrons. The SMILES string of the molecule is CCCn1c(=O)c2[nH]c(C3CCCC3)nc2n(CCSCCO)c1=O. The van der Waals surface area contributed by atoms with Crippen LogP contribution in [0.1, 0.15) is 50.8 Å². The summed E-state index contributed by atoms with van der Waals surface area (Å²) in [5.41, 5.74) is 0.377. The van der Waals surface area contributed by atoms with Gasteiger partial charge in [-0.2, -0.15) is 11.8 Å². The fourth-order valence-electron chi connectivity index (χ4n) is 3.52. The minimum absolute atomic E-state index is 0.124. The minimum Gasteiger partial charge on any atom is -0.396 e. The number of hydrogen-bond donors (Lipinski definition) is 2. The van der Waals surface area contributed by atoms with Crippen LogP contribution in [0.5, 0.6) is 0 Å². The molecule has 2 aromatic rings. The summed E-state index contributed by atoms with van der Waals surface area (Å²) in [4.78, 5) is 33.4. The number of thioether (sulfide) groups is 1. The average Bonchev–Trinajstić information content (AvgIpc) is 3.27. The van der Waals surface area contributed by atoms with Gasteiger partial charge in [0.25, 0.3) is 5.56 Å². The largest absolute Gasteiger partial charge is 0.396 e. The normalized spacial score (nSPS) is 15.4. The number of nitrogens with one attached hydrogen (secondary N) is 1. The highest BCUT2D eigenvalue weighted by atomic mass is 32.2. The molecule has 0 amide bonds. The smallest absolute Gasteiger partial charge is 0.332 e. The van der Waals surface area contributed by atoms with Crippen molar-refractivity contribution in [3.63, 3.8) is 0 Å². The van der Waals surface area contributed by atoms with Gasteiger partial charge in [0.1, 0.15) is 11.3 Å². The van der Waals surface area contributed by atoms with Gasteiger partial charge in [0.2, 0.25) is 0 Å². The molecule has 25 heavy (non-hydrogen) atoms. The van der Waals surface area contributed by atoms with E-state index < -0.39 is 0 Å². The van der Waals surface area contributed by atoms with Crippen molar-refractivity contribution in [1.29, 1.82) is 0 Å². The van der Waals surface area contributed by atoms with Gasteiger partial charge >= 0.3 is 5.69 Å². The van der Waals surface area contributed by atoms with Gasteiger partial charge in [0.05, 0.1) is 6.61 Å². The molecule has 2 heterocycles. The van der Waals surface area contributed by atoms with E-state index in [4.69, 9.17) is 5.11 Å². The van der Waals surface area contributed by atoms with Crippen LogP contribution < -0.4 is 11.2 Å². The van der Waals surface area contributed by atoms with E-state index in [9.17, 15) is 9.59 Å². The van der Waals surface area contributed by atoms with Crippen LogP contribution in [0.3, 0.4) is 0 Å². The summed E-state index contributed by atoms with van der Waals surface area (Å²) in [7, 11) is 0. The van der Waals surface area contributed by atoms with E-state index in [2.05, 4.69) is 9.97 Å². The lowest BCUT2D eigenvalue weighted by atomic mass is 10.1. The van der Waals surface area contributed by atoms with Crippen LogP contribution in [0.15, 0.2) is 9.59 Å². The molecule has 138 valence electrons. The average molecular weight is 366 g/mol. The number of imidazole rings is 1. The first-order valence-corrected chi connectivity index (χ1v) is 10.2. The Morgan fingerprint density at radius 1 is 1.20 bits per heavy atom. The van der Waals surface area contributed by atoms with Crippen LogP contribution in [0.2, 0.25) is 0 Å². The van der Waals surface area contributed by atoms with Crippen LogP contribution in [-0.4, -0.2) is 42.3 Å². The molecule has 1 saturated carbocycles. The summed E-state index contributed by atoms with van der Waals surface area (Å²) in [6.07, 6.45) is 5.27. The van der Waals surface area contributed by atoms with Gasteiger partial charge in [0.15, 0.2) is 5.65 Å². The summed E-state index contributed by atoms with van der Waals surface area (Å²) in [5, 5.41) is 8.91. The number of aryl methyl sites for hydroxylation is 1. The Kier molecular flexibility index (Phi) is 6.01. The Morgan fingerprint density at radius 3 is 2.64 bits per heavy atom. The van der Waals surface area contributed by atoms with E-state index >= 15 is 0 Å². The van der Waals surface area contributed by atoms with Crippen molar-refractivity contribution in [2.75, 3.05) is 18.1 Å². The van der Waals surface area contributed by atoms with Gasteiger partial charge in [-0.3, -0.25) is 13.9 Å². The predicted molar refractivity (Wildman–Crippen MR) is 101 cm³/mol. The van der Waals surface area contributed by atoms with Gasteiger partial charge in [-0.25, -0.2) is 9.78 Å². The maximum absolute atomic E-state index is 12.8. The molecule has 1 aliphatic carbocycles. The van der Waals surface area contributed by atoms with Crippen molar-refractivity contribution in [3.8, 4) is 0 Å². The monoisotopic (exact) mass is 366 g/mol. The van der Waals surface area contributed by atoms with E-state index in [1.165, 1.54) is 17.4 Å². The molecule has 0 spiro atoms. The van der Waals surface area contributed by atoms with Crippen molar-refractivity contribution in [2.24, 2.45) is 0 Å². The number of fused-ring (bicyclic) bond motifs is 1. The maximum atomic E-state index is 12.8. The highest BCUT2D eigenvalue weighted by Gasteiger charge is 2.23. The lowest BCUT2D eigenvalue weighted by Crippen LogP contribution is -2.40. The van der Waals surface area contributed by atoms with Crippen LogP contribution in [0.4, 0.5) is 0 Å². The number of aliphatic hydroxyl groups is 1. The van der Waals surface area contributed by atoms with Crippen LogP contribution in [0, 0.1) is 0 Å². The van der Waals surface area contributed by atoms with Crippen molar-refractivity contribution < 1.29 is 5.11 Å². The second-order valence-corrected chi connectivity index (χ2v) is 7.75. The van der Waals surface area contributed by atoms with E-state index in [0.717, 1.165) is 25.1 Å². The van der Waals surface area contributed by atoms with E-state index in [-0.39, 0.29) is 17.9 Å². The summed E-state index contributed by atoms with van der Waals surface area (Å²) in [6.45, 7) is 2.97. The second kappa shape index (κ2) is 8.23. The number of H-pyrrole nitrogens is 1. The standard InChI is InChI=1S/C17H26N4O3S/c1-2-7-21-16(23)13-15(19-14(18-13)12-5-3-4-6-12)20(17(21)24)8-10-25-11-9-22/h12,22H,2-11H2,1H3,(H,18,19). The fourth-order valence-corrected chi connectivity index (χ4v) is 4.17. The van der Waals surface area contributed by atoms with E-state index in [1.807, 2.05) is 6.92 Å². The number of hydrogen-bond acceptors (Lipinski definition) is 5. The topological polar surface area (TPSA) is 92.9 Å². The summed E-state index contributed by atoms with van der Waals surface area (Å²) in [6, 6.07) is 0. The molecule has 1 fully saturated rings. The van der Waals surface area contributed by atoms with E-state index in [0.29, 0.717) is 41.7 Å². The molecular formula is C17H26N4O3S. The summed E-state index contributed by atoms with van der Waals surface area (Å²) >= 11 is 1.59. The van der Waals surface area contributed by atoms with Crippen LogP contribution in [-0.2, 0) is 13.1 Å². The Labute approximate surface area is 150 Å². The maximum Gasteiger partial charge on any atom is 0.332 e. The van der Waals surface area contributed by atoms with Gasteiger partial charge in [-0.1, -0.05) is 19.8 Å². The predicted octanol–water partition coefficient (Wildman–Crippen LogP) is 1.68. The molecule has 0 aromatic carbocycles. The third-order valence-electron chi connectivity index (χ3n) is 4.76. The molecule has 2 aromatic heterocycles. The Morgan fingerprint density at radius 2 is 1.96 bits per heavy atom. The molecule has 1 aliphatic rings. The molecule has 3 rings (SSSR count). The molecule has 7 nitrogen and oxygen atoms in total. The van der Waals surface area contributed by atoms with Crippen molar-refractivity contribution in [2.45, 2.75) is 58.0 Å². The highest BCUT2D eigenvalue weighted by molar-refractivity contribution is 7.99. The van der Waals surface area contributed by atoms with Crippen LogP contribution >= 0.6 is 11.8 Å². The number of rotatable bonds is 8. The minimum atomic E-state index is -0.284. The Bertz CT molecular complexity index is 833. The van der Waals surface area contributed by atoms with Gasteiger partial charge in [-0.15, -0.1) is 0 Å². The number of aromatic amines is 1. The molecular weight excluding hydrogens is 340 g/mol. The van der Waals surface area contributed by atoms with Crippen molar-refractivity contribution in [3.05, 3.63) is 26.7 Å². The van der Waals surface area contributed by atoms with Gasteiger partial charge in [0, 0.05) is 30.5 Å². The molecule has 0 saturated heterocycles. The van der Waals surface area contributed by atoms with Crippen LogP contribution in [0.25, 0.3) is 11.2 Å². The third-order valence-corrected chi connectivity index (χ3v) is 5.71. The first kappa shape index (κ1) is 18.3. The lowest BCUT2D eigenvalue weighted by Gasteiger charge is -2.10. The molecule has 0 bridgehead atoms.